The minimum absolute atomic E-state index is 0.0436. The van der Waals surface area contributed by atoms with E-state index in [0.29, 0.717) is 0 Å². The molecule has 0 aliphatic carbocycles. The van der Waals surface area contributed by atoms with Crippen molar-refractivity contribution in [1.29, 1.82) is 0 Å². The third kappa shape index (κ3) is 2.01. The molecule has 1 aliphatic rings. The van der Waals surface area contributed by atoms with Gasteiger partial charge < -0.3 is 5.32 Å². The maximum atomic E-state index is 6.25. The van der Waals surface area contributed by atoms with Gasteiger partial charge in [0.2, 0.25) is 0 Å². The van der Waals surface area contributed by atoms with Crippen LogP contribution in [0.1, 0.15) is 31.7 Å². The van der Waals surface area contributed by atoms with Crippen molar-refractivity contribution in [3.05, 3.63) is 33.8 Å². The molecule has 1 atom stereocenters. The molecule has 15 heavy (non-hydrogen) atoms. The van der Waals surface area contributed by atoms with Crippen LogP contribution in [-0.4, -0.2) is 6.54 Å². The van der Waals surface area contributed by atoms with Crippen molar-refractivity contribution in [2.75, 3.05) is 6.54 Å². The zero-order chi connectivity index (χ0) is 10.9. The minimum atomic E-state index is 0.0436. The van der Waals surface area contributed by atoms with Gasteiger partial charge >= 0.3 is 0 Å². The van der Waals surface area contributed by atoms with E-state index in [1.165, 1.54) is 6.42 Å². The fourth-order valence-corrected chi connectivity index (χ4v) is 2.86. The Labute approximate surface area is 101 Å². The van der Waals surface area contributed by atoms with Crippen molar-refractivity contribution in [2.45, 2.75) is 31.7 Å². The number of halogens is 2. The molecule has 0 bridgehead atoms. The maximum absolute atomic E-state index is 6.25. The molecule has 1 aromatic rings. The van der Waals surface area contributed by atoms with Crippen molar-refractivity contribution < 1.29 is 0 Å². The molecule has 1 aliphatic heterocycles. The average Bonchev–Trinajstić information content (AvgIpc) is 2.71. The molecule has 0 radical (unpaired) electrons. The lowest BCUT2D eigenvalue weighted by Crippen LogP contribution is -2.36. The van der Waals surface area contributed by atoms with Crippen molar-refractivity contribution >= 4 is 23.2 Å². The van der Waals surface area contributed by atoms with Gasteiger partial charge in [-0.15, -0.1) is 0 Å². The first-order valence-corrected chi connectivity index (χ1v) is 6.14. The molecule has 1 unspecified atom stereocenters. The first-order chi connectivity index (χ1) is 7.18. The number of rotatable bonds is 2. The molecule has 0 saturated carbocycles. The van der Waals surface area contributed by atoms with E-state index in [4.69, 9.17) is 23.2 Å². The summed E-state index contributed by atoms with van der Waals surface area (Å²) in [6.45, 7) is 3.26. The van der Waals surface area contributed by atoms with E-state index in [-0.39, 0.29) is 5.54 Å². The van der Waals surface area contributed by atoms with Gasteiger partial charge in [-0.3, -0.25) is 0 Å². The van der Waals surface area contributed by atoms with Crippen LogP contribution in [0.5, 0.6) is 0 Å². The fourth-order valence-electron chi connectivity index (χ4n) is 2.39. The molecule has 1 N–H and O–H groups in total. The highest BCUT2D eigenvalue weighted by Crippen LogP contribution is 2.38. The summed E-state index contributed by atoms with van der Waals surface area (Å²) in [6.07, 6.45) is 3.40. The summed E-state index contributed by atoms with van der Waals surface area (Å²) >= 11 is 12.3. The normalized spacial score (nSPS) is 25.8. The van der Waals surface area contributed by atoms with Gasteiger partial charge in [-0.1, -0.05) is 30.1 Å². The summed E-state index contributed by atoms with van der Waals surface area (Å²) in [6, 6.07) is 5.72. The number of nitrogens with one attached hydrogen (secondary N) is 1. The summed E-state index contributed by atoms with van der Waals surface area (Å²) in [5.74, 6) is 0. The molecular formula is C12H15Cl2N. The smallest absolute Gasteiger partial charge is 0.0457 e. The minimum Gasteiger partial charge on any atom is -0.307 e. The van der Waals surface area contributed by atoms with Crippen LogP contribution in [0.25, 0.3) is 0 Å². The van der Waals surface area contributed by atoms with Gasteiger partial charge in [0.25, 0.3) is 0 Å². The Morgan fingerprint density at radius 2 is 2.20 bits per heavy atom. The highest BCUT2D eigenvalue weighted by Gasteiger charge is 2.34. The largest absolute Gasteiger partial charge is 0.307 e. The van der Waals surface area contributed by atoms with Crippen molar-refractivity contribution in [1.82, 2.24) is 5.32 Å². The molecule has 1 aromatic carbocycles. The van der Waals surface area contributed by atoms with Crippen molar-refractivity contribution in [3.8, 4) is 0 Å². The van der Waals surface area contributed by atoms with Crippen LogP contribution in [0.2, 0.25) is 10.0 Å². The monoisotopic (exact) mass is 243 g/mol. The van der Waals surface area contributed by atoms with Crippen LogP contribution in [0, 0.1) is 0 Å². The summed E-state index contributed by atoms with van der Waals surface area (Å²) in [5.41, 5.74) is 1.19. The quantitative estimate of drug-likeness (QED) is 0.829. The van der Waals surface area contributed by atoms with Gasteiger partial charge in [0.15, 0.2) is 0 Å². The van der Waals surface area contributed by atoms with E-state index in [0.717, 1.165) is 35.0 Å². The molecule has 0 amide bonds. The average molecular weight is 244 g/mol. The van der Waals surface area contributed by atoms with Crippen LogP contribution in [-0.2, 0) is 5.54 Å². The standard InChI is InChI=1S/C12H15Cl2N/c1-2-12(6-3-7-15-12)10-8-9(13)4-5-11(10)14/h4-5,8,15H,2-3,6-7H2,1H3. The Morgan fingerprint density at radius 1 is 1.40 bits per heavy atom. The van der Waals surface area contributed by atoms with E-state index < -0.39 is 0 Å². The Hall–Kier alpha value is -0.240. The van der Waals surface area contributed by atoms with Crippen LogP contribution in [0.3, 0.4) is 0 Å². The van der Waals surface area contributed by atoms with E-state index >= 15 is 0 Å². The Kier molecular flexibility index (Phi) is 3.24. The lowest BCUT2D eigenvalue weighted by atomic mass is 9.86. The van der Waals surface area contributed by atoms with Crippen LogP contribution in [0.15, 0.2) is 18.2 Å². The molecule has 1 heterocycles. The second kappa shape index (κ2) is 4.32. The van der Waals surface area contributed by atoms with Crippen LogP contribution in [0.4, 0.5) is 0 Å². The topological polar surface area (TPSA) is 12.0 Å². The molecule has 82 valence electrons. The zero-order valence-corrected chi connectivity index (χ0v) is 10.3. The number of benzene rings is 1. The molecular weight excluding hydrogens is 229 g/mol. The van der Waals surface area contributed by atoms with E-state index in [9.17, 15) is 0 Å². The summed E-state index contributed by atoms with van der Waals surface area (Å²) < 4.78 is 0. The summed E-state index contributed by atoms with van der Waals surface area (Å²) in [4.78, 5) is 0. The van der Waals surface area contributed by atoms with Crippen molar-refractivity contribution in [3.63, 3.8) is 0 Å². The first kappa shape index (κ1) is 11.3. The molecule has 3 heteroatoms. The third-order valence-electron chi connectivity index (χ3n) is 3.29. The van der Waals surface area contributed by atoms with E-state index in [1.54, 1.807) is 0 Å². The second-order valence-electron chi connectivity index (χ2n) is 4.09. The Morgan fingerprint density at radius 3 is 2.80 bits per heavy atom. The lowest BCUT2D eigenvalue weighted by Gasteiger charge is -2.30. The summed E-state index contributed by atoms with van der Waals surface area (Å²) in [7, 11) is 0. The van der Waals surface area contributed by atoms with Gasteiger partial charge in [0, 0.05) is 15.6 Å². The maximum Gasteiger partial charge on any atom is 0.0457 e. The Balaban J connectivity index is 2.46. The second-order valence-corrected chi connectivity index (χ2v) is 4.93. The van der Waals surface area contributed by atoms with Crippen molar-refractivity contribution in [2.24, 2.45) is 0 Å². The summed E-state index contributed by atoms with van der Waals surface area (Å²) in [5, 5.41) is 5.14. The molecule has 2 rings (SSSR count). The molecule has 1 saturated heterocycles. The Bertz CT molecular complexity index is 357. The van der Waals surface area contributed by atoms with Gasteiger partial charge in [-0.05, 0) is 49.6 Å². The zero-order valence-electron chi connectivity index (χ0n) is 8.82. The van der Waals surface area contributed by atoms with Gasteiger partial charge in [-0.2, -0.15) is 0 Å². The predicted molar refractivity (Wildman–Crippen MR) is 65.7 cm³/mol. The van der Waals surface area contributed by atoms with Gasteiger partial charge in [0.1, 0.15) is 0 Å². The van der Waals surface area contributed by atoms with Crippen LogP contribution < -0.4 is 5.32 Å². The van der Waals surface area contributed by atoms with Crippen LogP contribution >= 0.6 is 23.2 Å². The molecule has 1 fully saturated rings. The third-order valence-corrected chi connectivity index (χ3v) is 3.86. The SMILES string of the molecule is CCC1(c2cc(Cl)ccc2Cl)CCCN1. The van der Waals surface area contributed by atoms with Gasteiger partial charge in [-0.25, -0.2) is 0 Å². The fraction of sp³-hybridized carbons (Fsp3) is 0.500. The van der Waals surface area contributed by atoms with E-state index in [1.807, 2.05) is 18.2 Å². The molecule has 0 spiro atoms. The van der Waals surface area contributed by atoms with Gasteiger partial charge in [0.05, 0.1) is 0 Å². The number of hydrogen-bond acceptors (Lipinski definition) is 1. The first-order valence-electron chi connectivity index (χ1n) is 5.38. The lowest BCUT2D eigenvalue weighted by molar-refractivity contribution is 0.376. The molecule has 1 nitrogen and oxygen atoms in total. The van der Waals surface area contributed by atoms with E-state index in [2.05, 4.69) is 12.2 Å². The molecule has 0 aromatic heterocycles. The number of hydrogen-bond donors (Lipinski definition) is 1. The highest BCUT2D eigenvalue weighted by molar-refractivity contribution is 6.33. The predicted octanol–water partition coefficient (Wildman–Crippen LogP) is 3.98. The highest BCUT2D eigenvalue weighted by atomic mass is 35.5.